The zero-order valence-corrected chi connectivity index (χ0v) is 15.1. The van der Waals surface area contributed by atoms with Gasteiger partial charge in [0.2, 0.25) is 5.89 Å². The molecule has 3 unspecified atom stereocenters. The molecule has 0 aromatic carbocycles. The molecule has 2 rings (SSSR count). The third kappa shape index (κ3) is 4.63. The molecule has 1 fully saturated rings. The van der Waals surface area contributed by atoms with Crippen molar-refractivity contribution in [3.63, 3.8) is 0 Å². The zero-order valence-electron chi connectivity index (χ0n) is 13.5. The van der Waals surface area contributed by atoms with Crippen LogP contribution < -0.4 is 5.32 Å². The van der Waals surface area contributed by atoms with Crippen LogP contribution in [0.15, 0.2) is 4.52 Å². The highest BCUT2D eigenvalue weighted by Crippen LogP contribution is 2.36. The van der Waals surface area contributed by atoms with E-state index in [0.717, 1.165) is 30.4 Å². The molecule has 1 aromatic rings. The number of hydrogen-bond acceptors (Lipinski definition) is 6. The van der Waals surface area contributed by atoms with Crippen LogP contribution >= 0.6 is 23.5 Å². The van der Waals surface area contributed by atoms with Gasteiger partial charge in [0, 0.05) is 23.3 Å². The topological polar surface area (TPSA) is 51.0 Å². The number of aromatic nitrogens is 2. The predicted octanol–water partition coefficient (Wildman–Crippen LogP) is 3.72. The zero-order chi connectivity index (χ0) is 15.2. The van der Waals surface area contributed by atoms with Gasteiger partial charge in [-0.25, -0.2) is 0 Å². The molecule has 0 amide bonds. The molecule has 1 aliphatic heterocycles. The SMILES string of the molecule is CCCNC(C)C(c1nc(C2CSCCS2)no1)C(C)C. The van der Waals surface area contributed by atoms with E-state index >= 15 is 0 Å². The minimum atomic E-state index is 0.277. The number of thioether (sulfide) groups is 2. The van der Waals surface area contributed by atoms with Crippen molar-refractivity contribution in [3.8, 4) is 0 Å². The minimum Gasteiger partial charge on any atom is -0.339 e. The fourth-order valence-electron chi connectivity index (χ4n) is 2.73. The molecule has 1 aromatic heterocycles. The molecule has 1 N–H and O–H groups in total. The van der Waals surface area contributed by atoms with Gasteiger partial charge < -0.3 is 9.84 Å². The molecule has 0 saturated carbocycles. The van der Waals surface area contributed by atoms with E-state index in [1.807, 2.05) is 23.5 Å². The first kappa shape index (κ1) is 17.2. The molecule has 0 radical (unpaired) electrons. The summed E-state index contributed by atoms with van der Waals surface area (Å²) in [5.74, 6) is 5.95. The van der Waals surface area contributed by atoms with Gasteiger partial charge in [0.15, 0.2) is 5.82 Å². The molecule has 6 heteroatoms. The summed E-state index contributed by atoms with van der Waals surface area (Å²) in [6, 6.07) is 0.353. The van der Waals surface area contributed by atoms with Gasteiger partial charge in [0.25, 0.3) is 0 Å². The molecular formula is C15H27N3OS2. The van der Waals surface area contributed by atoms with Crippen molar-refractivity contribution in [1.29, 1.82) is 0 Å². The van der Waals surface area contributed by atoms with Gasteiger partial charge in [-0.2, -0.15) is 16.7 Å². The smallest absolute Gasteiger partial charge is 0.231 e. The summed E-state index contributed by atoms with van der Waals surface area (Å²) in [5.41, 5.74) is 0. The Kier molecular flexibility index (Phi) is 6.89. The Balaban J connectivity index is 2.08. The second-order valence-corrected chi connectivity index (χ2v) is 8.40. The van der Waals surface area contributed by atoms with Crippen molar-refractivity contribution in [2.75, 3.05) is 23.8 Å². The van der Waals surface area contributed by atoms with E-state index in [4.69, 9.17) is 9.51 Å². The molecule has 120 valence electrons. The van der Waals surface area contributed by atoms with Crippen molar-refractivity contribution >= 4 is 23.5 Å². The second-order valence-electron chi connectivity index (χ2n) is 5.94. The first-order valence-electron chi connectivity index (χ1n) is 7.89. The number of nitrogens with zero attached hydrogens (tertiary/aromatic N) is 2. The molecule has 0 aliphatic carbocycles. The molecule has 0 spiro atoms. The Morgan fingerprint density at radius 3 is 2.76 bits per heavy atom. The molecular weight excluding hydrogens is 302 g/mol. The van der Waals surface area contributed by atoms with Crippen molar-refractivity contribution < 1.29 is 4.52 Å². The molecule has 3 atom stereocenters. The van der Waals surface area contributed by atoms with E-state index in [9.17, 15) is 0 Å². The van der Waals surface area contributed by atoms with Crippen molar-refractivity contribution in [1.82, 2.24) is 15.5 Å². The van der Waals surface area contributed by atoms with Crippen LogP contribution in [0.25, 0.3) is 0 Å². The first-order valence-corrected chi connectivity index (χ1v) is 10.1. The summed E-state index contributed by atoms with van der Waals surface area (Å²) in [6.45, 7) is 9.89. The van der Waals surface area contributed by atoms with Gasteiger partial charge in [-0.3, -0.25) is 0 Å². The van der Waals surface area contributed by atoms with Crippen LogP contribution in [0.4, 0.5) is 0 Å². The first-order chi connectivity index (χ1) is 10.1. The minimum absolute atomic E-state index is 0.277. The molecule has 1 aliphatic rings. The highest BCUT2D eigenvalue weighted by molar-refractivity contribution is 8.06. The average Bonchev–Trinajstić information content (AvgIpc) is 2.95. The summed E-state index contributed by atoms with van der Waals surface area (Å²) in [5, 5.41) is 8.22. The number of hydrogen-bond donors (Lipinski definition) is 1. The fourth-order valence-corrected chi connectivity index (χ4v) is 5.31. The van der Waals surface area contributed by atoms with E-state index in [0.29, 0.717) is 17.2 Å². The summed E-state index contributed by atoms with van der Waals surface area (Å²) in [4.78, 5) is 4.73. The van der Waals surface area contributed by atoms with Gasteiger partial charge in [-0.15, -0.1) is 11.8 Å². The third-order valence-corrected chi connectivity index (χ3v) is 6.57. The standard InChI is InChI=1S/C15H27N3OS2/c1-5-6-16-11(4)13(10(2)3)15-17-14(18-19-15)12-9-20-7-8-21-12/h10-13,16H,5-9H2,1-4H3. The van der Waals surface area contributed by atoms with E-state index in [1.165, 1.54) is 11.5 Å². The number of rotatable bonds is 7. The van der Waals surface area contributed by atoms with Crippen LogP contribution in [0.1, 0.15) is 57.0 Å². The molecule has 0 bridgehead atoms. The van der Waals surface area contributed by atoms with Crippen LogP contribution in [-0.2, 0) is 0 Å². The normalized spacial score (nSPS) is 22.4. The summed E-state index contributed by atoms with van der Waals surface area (Å²) in [6.07, 6.45) is 1.14. The van der Waals surface area contributed by atoms with E-state index in [1.54, 1.807) is 0 Å². The maximum atomic E-state index is 5.62. The summed E-state index contributed by atoms with van der Waals surface area (Å²) >= 11 is 3.93. The van der Waals surface area contributed by atoms with Crippen molar-refractivity contribution in [2.45, 2.75) is 51.3 Å². The third-order valence-electron chi connectivity index (χ3n) is 3.82. The van der Waals surface area contributed by atoms with E-state index < -0.39 is 0 Å². The van der Waals surface area contributed by atoms with Crippen LogP contribution in [0.3, 0.4) is 0 Å². The van der Waals surface area contributed by atoms with Gasteiger partial charge in [-0.05, 0) is 25.8 Å². The van der Waals surface area contributed by atoms with Crippen molar-refractivity contribution in [2.24, 2.45) is 5.92 Å². The Bertz CT molecular complexity index is 419. The van der Waals surface area contributed by atoms with E-state index in [2.05, 4.69) is 38.2 Å². The Morgan fingerprint density at radius 2 is 2.14 bits per heavy atom. The molecule has 21 heavy (non-hydrogen) atoms. The summed E-state index contributed by atoms with van der Waals surface area (Å²) in [7, 11) is 0. The Hall–Kier alpha value is -0.200. The largest absolute Gasteiger partial charge is 0.339 e. The lowest BCUT2D eigenvalue weighted by molar-refractivity contribution is 0.279. The highest BCUT2D eigenvalue weighted by Gasteiger charge is 2.30. The predicted molar refractivity (Wildman–Crippen MR) is 92.2 cm³/mol. The Morgan fingerprint density at radius 1 is 1.33 bits per heavy atom. The monoisotopic (exact) mass is 329 g/mol. The Labute approximate surface area is 136 Å². The number of nitrogens with one attached hydrogen (secondary N) is 1. The summed E-state index contributed by atoms with van der Waals surface area (Å²) < 4.78 is 5.62. The molecule has 2 heterocycles. The van der Waals surface area contributed by atoms with Crippen LogP contribution in [-0.4, -0.2) is 40.0 Å². The van der Waals surface area contributed by atoms with Gasteiger partial charge in [-0.1, -0.05) is 25.9 Å². The maximum absolute atomic E-state index is 5.62. The van der Waals surface area contributed by atoms with E-state index in [-0.39, 0.29) is 5.92 Å². The van der Waals surface area contributed by atoms with Crippen molar-refractivity contribution in [3.05, 3.63) is 11.7 Å². The fraction of sp³-hybridized carbons (Fsp3) is 0.867. The van der Waals surface area contributed by atoms with Crippen LogP contribution in [0.5, 0.6) is 0 Å². The molecule has 4 nitrogen and oxygen atoms in total. The lowest BCUT2D eigenvalue weighted by Gasteiger charge is -2.25. The lowest BCUT2D eigenvalue weighted by atomic mass is 9.89. The van der Waals surface area contributed by atoms with Crippen LogP contribution in [0.2, 0.25) is 0 Å². The second kappa shape index (κ2) is 8.44. The lowest BCUT2D eigenvalue weighted by Crippen LogP contribution is -2.35. The quantitative estimate of drug-likeness (QED) is 0.823. The van der Waals surface area contributed by atoms with Crippen LogP contribution in [0, 0.1) is 5.92 Å². The van der Waals surface area contributed by atoms with Gasteiger partial charge >= 0.3 is 0 Å². The highest BCUT2D eigenvalue weighted by atomic mass is 32.2. The molecule has 1 saturated heterocycles. The average molecular weight is 330 g/mol. The van der Waals surface area contributed by atoms with Gasteiger partial charge in [0.1, 0.15) is 0 Å². The maximum Gasteiger partial charge on any atom is 0.231 e. The van der Waals surface area contributed by atoms with Gasteiger partial charge in [0.05, 0.1) is 11.2 Å².